The molecule has 0 atom stereocenters. The number of para-hydroxylation sites is 1. The molecule has 2 aromatic rings. The monoisotopic (exact) mass is 385 g/mol. The topological polar surface area (TPSA) is 56.1 Å². The Morgan fingerprint density at radius 1 is 1.45 bits per heavy atom. The van der Waals surface area contributed by atoms with Crippen molar-refractivity contribution in [2.24, 2.45) is 7.05 Å². The van der Waals surface area contributed by atoms with E-state index in [9.17, 15) is 4.79 Å². The molecule has 0 saturated heterocycles. The van der Waals surface area contributed by atoms with Gasteiger partial charge in [-0.1, -0.05) is 12.1 Å². The van der Waals surface area contributed by atoms with E-state index in [1.54, 1.807) is 17.8 Å². The Hall–Kier alpha value is -1.57. The first-order valence-corrected chi connectivity index (χ1v) is 7.37. The van der Waals surface area contributed by atoms with E-state index in [0.29, 0.717) is 18.7 Å². The van der Waals surface area contributed by atoms with Gasteiger partial charge in [0.2, 0.25) is 0 Å². The van der Waals surface area contributed by atoms with Crippen LogP contribution in [0.2, 0.25) is 0 Å². The highest BCUT2D eigenvalue weighted by molar-refractivity contribution is 14.1. The van der Waals surface area contributed by atoms with Gasteiger partial charge in [0.25, 0.3) is 0 Å². The molecule has 1 N–H and O–H groups in total. The molecule has 0 aliphatic carbocycles. The second-order valence-corrected chi connectivity index (χ2v) is 5.34. The Balaban J connectivity index is 2.15. The highest BCUT2D eigenvalue weighted by atomic mass is 127. The molecule has 0 amide bonds. The molecule has 0 saturated carbocycles. The molecule has 0 radical (unpaired) electrons. The number of esters is 1. The molecule has 1 aromatic carbocycles. The van der Waals surface area contributed by atoms with E-state index in [4.69, 9.17) is 4.74 Å². The van der Waals surface area contributed by atoms with Gasteiger partial charge in [0, 0.05) is 16.3 Å². The maximum Gasteiger partial charge on any atom is 0.341 e. The number of anilines is 1. The third-order valence-corrected chi connectivity index (χ3v) is 3.82. The van der Waals surface area contributed by atoms with Crippen LogP contribution >= 0.6 is 22.6 Å². The van der Waals surface area contributed by atoms with Crippen LogP contribution in [-0.2, 0) is 18.3 Å². The van der Waals surface area contributed by atoms with Gasteiger partial charge < -0.3 is 10.1 Å². The first kappa shape index (κ1) is 14.8. The fraction of sp³-hybridized carbons (Fsp3) is 0.286. The van der Waals surface area contributed by atoms with Crippen molar-refractivity contribution in [2.45, 2.75) is 13.5 Å². The van der Waals surface area contributed by atoms with Crippen molar-refractivity contribution in [2.75, 3.05) is 11.9 Å². The van der Waals surface area contributed by atoms with Crippen LogP contribution in [0.25, 0.3) is 0 Å². The van der Waals surface area contributed by atoms with Gasteiger partial charge in [0.1, 0.15) is 5.56 Å². The summed E-state index contributed by atoms with van der Waals surface area (Å²) in [5.74, 6) is -0.333. The van der Waals surface area contributed by atoms with E-state index in [2.05, 4.69) is 33.0 Å². The Bertz CT molecular complexity index is 610. The second kappa shape index (κ2) is 6.74. The second-order valence-electron chi connectivity index (χ2n) is 4.18. The van der Waals surface area contributed by atoms with E-state index in [1.165, 1.54) is 0 Å². The summed E-state index contributed by atoms with van der Waals surface area (Å²) >= 11 is 2.27. The van der Waals surface area contributed by atoms with Crippen molar-refractivity contribution in [3.63, 3.8) is 0 Å². The molecule has 0 unspecified atom stereocenters. The summed E-state index contributed by atoms with van der Waals surface area (Å²) in [4.78, 5) is 11.9. The minimum absolute atomic E-state index is 0.333. The number of nitrogens with one attached hydrogen (secondary N) is 1. The Morgan fingerprint density at radius 2 is 2.20 bits per heavy atom. The van der Waals surface area contributed by atoms with Gasteiger partial charge in [-0.3, -0.25) is 4.68 Å². The summed E-state index contributed by atoms with van der Waals surface area (Å²) < 4.78 is 7.86. The van der Waals surface area contributed by atoms with Gasteiger partial charge in [-0.15, -0.1) is 0 Å². The van der Waals surface area contributed by atoms with Crippen LogP contribution in [0.3, 0.4) is 0 Å². The fourth-order valence-corrected chi connectivity index (χ4v) is 2.41. The van der Waals surface area contributed by atoms with Gasteiger partial charge >= 0.3 is 5.97 Å². The lowest BCUT2D eigenvalue weighted by Gasteiger charge is -2.10. The molecule has 0 fully saturated rings. The van der Waals surface area contributed by atoms with Crippen molar-refractivity contribution in [3.8, 4) is 0 Å². The molecule has 20 heavy (non-hydrogen) atoms. The number of halogens is 1. The summed E-state index contributed by atoms with van der Waals surface area (Å²) in [6, 6.07) is 7.99. The zero-order valence-corrected chi connectivity index (χ0v) is 13.5. The van der Waals surface area contributed by atoms with E-state index in [1.807, 2.05) is 31.3 Å². The predicted octanol–water partition coefficient (Wildman–Crippen LogP) is 2.81. The number of rotatable bonds is 5. The van der Waals surface area contributed by atoms with Crippen LogP contribution in [0, 0.1) is 3.57 Å². The number of nitrogens with zero attached hydrogens (tertiary/aromatic N) is 2. The summed E-state index contributed by atoms with van der Waals surface area (Å²) in [5, 5.41) is 7.45. The number of benzene rings is 1. The number of carbonyl (C=O) groups excluding carboxylic acids is 1. The Kier molecular flexibility index (Phi) is 4.99. The van der Waals surface area contributed by atoms with Crippen LogP contribution in [0.5, 0.6) is 0 Å². The molecule has 1 aromatic heterocycles. The lowest BCUT2D eigenvalue weighted by molar-refractivity contribution is 0.0525. The maximum atomic E-state index is 11.9. The molecular weight excluding hydrogens is 369 g/mol. The normalized spacial score (nSPS) is 10.3. The van der Waals surface area contributed by atoms with Crippen LogP contribution in [0.15, 0.2) is 30.5 Å². The molecular formula is C14H16IN3O2. The molecule has 106 valence electrons. The van der Waals surface area contributed by atoms with Gasteiger partial charge in [-0.2, -0.15) is 5.10 Å². The number of hydrogen-bond donors (Lipinski definition) is 1. The molecule has 1 heterocycles. The zero-order chi connectivity index (χ0) is 14.5. The highest BCUT2D eigenvalue weighted by Gasteiger charge is 2.16. The fourth-order valence-electron chi connectivity index (χ4n) is 1.84. The van der Waals surface area contributed by atoms with Crippen LogP contribution < -0.4 is 5.32 Å². The number of carbonyl (C=O) groups is 1. The summed E-state index contributed by atoms with van der Waals surface area (Å²) in [6.45, 7) is 2.67. The average molecular weight is 385 g/mol. The van der Waals surface area contributed by atoms with Crippen LogP contribution in [-0.4, -0.2) is 22.4 Å². The summed E-state index contributed by atoms with van der Waals surface area (Å²) in [5.41, 5.74) is 2.35. The van der Waals surface area contributed by atoms with Gasteiger partial charge in [0.15, 0.2) is 0 Å². The number of hydrogen-bond acceptors (Lipinski definition) is 4. The number of aromatic nitrogens is 2. The molecule has 6 heteroatoms. The third-order valence-electron chi connectivity index (χ3n) is 2.88. The maximum absolute atomic E-state index is 11.9. The average Bonchev–Trinajstić information content (AvgIpc) is 2.79. The van der Waals surface area contributed by atoms with E-state index >= 15 is 0 Å². The Labute approximate surface area is 131 Å². The van der Waals surface area contributed by atoms with Gasteiger partial charge in [0.05, 0.1) is 25.0 Å². The van der Waals surface area contributed by atoms with E-state index in [0.717, 1.165) is 15.0 Å². The highest BCUT2D eigenvalue weighted by Crippen LogP contribution is 2.19. The standard InChI is InChI=1S/C14H16IN3O2/c1-3-20-14(19)10-8-17-18(2)13(10)9-16-12-7-5-4-6-11(12)15/h4-8,16H,3,9H2,1-2H3. The lowest BCUT2D eigenvalue weighted by Crippen LogP contribution is -2.12. The van der Waals surface area contributed by atoms with Gasteiger partial charge in [-0.05, 0) is 41.6 Å². The molecule has 0 bridgehead atoms. The number of aryl methyl sites for hydroxylation is 1. The van der Waals surface area contributed by atoms with Crippen LogP contribution in [0.1, 0.15) is 23.0 Å². The Morgan fingerprint density at radius 3 is 2.90 bits per heavy atom. The van der Waals surface area contributed by atoms with E-state index in [-0.39, 0.29) is 5.97 Å². The molecule has 0 spiro atoms. The summed E-state index contributed by atoms with van der Waals surface area (Å²) in [6.07, 6.45) is 1.55. The predicted molar refractivity (Wildman–Crippen MR) is 85.7 cm³/mol. The molecule has 2 rings (SSSR count). The number of ether oxygens (including phenoxy) is 1. The minimum Gasteiger partial charge on any atom is -0.462 e. The molecule has 0 aliphatic heterocycles. The molecule has 5 nitrogen and oxygen atoms in total. The SMILES string of the molecule is CCOC(=O)c1cnn(C)c1CNc1ccccc1I. The van der Waals surface area contributed by atoms with Crippen molar-refractivity contribution in [1.29, 1.82) is 0 Å². The quantitative estimate of drug-likeness (QED) is 0.636. The third kappa shape index (κ3) is 3.30. The van der Waals surface area contributed by atoms with Crippen molar-refractivity contribution in [3.05, 3.63) is 45.3 Å². The van der Waals surface area contributed by atoms with E-state index < -0.39 is 0 Å². The first-order valence-electron chi connectivity index (χ1n) is 6.30. The zero-order valence-electron chi connectivity index (χ0n) is 11.4. The summed E-state index contributed by atoms with van der Waals surface area (Å²) in [7, 11) is 1.82. The smallest absolute Gasteiger partial charge is 0.341 e. The van der Waals surface area contributed by atoms with Crippen molar-refractivity contribution in [1.82, 2.24) is 9.78 Å². The van der Waals surface area contributed by atoms with Crippen molar-refractivity contribution < 1.29 is 9.53 Å². The first-order chi connectivity index (χ1) is 9.63. The van der Waals surface area contributed by atoms with Crippen molar-refractivity contribution >= 4 is 34.2 Å². The minimum atomic E-state index is -0.333. The molecule has 0 aliphatic rings. The largest absolute Gasteiger partial charge is 0.462 e. The lowest BCUT2D eigenvalue weighted by atomic mass is 10.2. The van der Waals surface area contributed by atoms with Crippen LogP contribution in [0.4, 0.5) is 5.69 Å². The van der Waals surface area contributed by atoms with Gasteiger partial charge in [-0.25, -0.2) is 4.79 Å².